The third-order valence-corrected chi connectivity index (χ3v) is 4.69. The Labute approximate surface area is 151 Å². The Morgan fingerprint density at radius 3 is 2.23 bits per heavy atom. The number of aromatic nitrogens is 2. The number of benzene rings is 2. The van der Waals surface area contributed by atoms with Crippen LogP contribution in [-0.4, -0.2) is 18.2 Å². The zero-order chi connectivity index (χ0) is 19.1. The van der Waals surface area contributed by atoms with Crippen LogP contribution in [0.2, 0.25) is 5.02 Å². The average molecular weight is 402 g/mol. The quantitative estimate of drug-likeness (QED) is 0.723. The molecule has 26 heavy (non-hydrogen) atoms. The lowest BCUT2D eigenvalue weighted by molar-refractivity contribution is -0.141. The van der Waals surface area contributed by atoms with E-state index in [-0.39, 0.29) is 16.3 Å². The number of halogens is 4. The lowest BCUT2D eigenvalue weighted by Gasteiger charge is -2.09. The van der Waals surface area contributed by atoms with Crippen molar-refractivity contribution in [2.75, 3.05) is 0 Å². The summed E-state index contributed by atoms with van der Waals surface area (Å²) in [5.74, 6) is 0. The van der Waals surface area contributed by atoms with E-state index in [1.165, 1.54) is 30.3 Å². The summed E-state index contributed by atoms with van der Waals surface area (Å²) in [6.45, 7) is 0. The van der Waals surface area contributed by atoms with Crippen molar-refractivity contribution in [3.8, 4) is 16.9 Å². The van der Waals surface area contributed by atoms with Crippen LogP contribution < -0.4 is 5.14 Å². The second-order valence-electron chi connectivity index (χ2n) is 5.37. The van der Waals surface area contributed by atoms with Crippen LogP contribution in [0, 0.1) is 0 Å². The fourth-order valence-electron chi connectivity index (χ4n) is 2.35. The number of sulfonamides is 1. The molecule has 5 nitrogen and oxygen atoms in total. The summed E-state index contributed by atoms with van der Waals surface area (Å²) >= 11 is 5.93. The Balaban J connectivity index is 2.18. The molecule has 0 aliphatic carbocycles. The van der Waals surface area contributed by atoms with Gasteiger partial charge in [0.2, 0.25) is 10.0 Å². The van der Waals surface area contributed by atoms with Gasteiger partial charge in [-0.25, -0.2) is 18.2 Å². The molecule has 0 atom stereocenters. The Morgan fingerprint density at radius 1 is 1.04 bits per heavy atom. The van der Waals surface area contributed by atoms with Crippen molar-refractivity contribution >= 4 is 21.6 Å². The van der Waals surface area contributed by atoms with Crippen molar-refractivity contribution in [1.29, 1.82) is 0 Å². The predicted octanol–water partition coefficient (Wildman–Crippen LogP) is 3.86. The Kier molecular flexibility index (Phi) is 4.55. The molecule has 1 heterocycles. The molecule has 0 aliphatic heterocycles. The van der Waals surface area contributed by atoms with Crippen LogP contribution in [0.25, 0.3) is 16.9 Å². The van der Waals surface area contributed by atoms with Gasteiger partial charge in [-0.1, -0.05) is 23.7 Å². The van der Waals surface area contributed by atoms with E-state index in [1.807, 2.05) is 0 Å². The van der Waals surface area contributed by atoms with Crippen LogP contribution in [0.1, 0.15) is 5.69 Å². The zero-order valence-electron chi connectivity index (χ0n) is 12.9. The van der Waals surface area contributed by atoms with E-state index in [2.05, 4.69) is 5.10 Å². The highest BCUT2D eigenvalue weighted by Gasteiger charge is 2.35. The highest BCUT2D eigenvalue weighted by atomic mass is 35.5. The number of hydrogen-bond donors (Lipinski definition) is 1. The van der Waals surface area contributed by atoms with Crippen molar-refractivity contribution in [2.45, 2.75) is 11.1 Å². The molecule has 136 valence electrons. The maximum Gasteiger partial charge on any atom is 0.435 e. The summed E-state index contributed by atoms with van der Waals surface area (Å²) < 4.78 is 63.1. The molecule has 2 N–H and O–H groups in total. The summed E-state index contributed by atoms with van der Waals surface area (Å²) in [4.78, 5) is -0.159. The van der Waals surface area contributed by atoms with E-state index in [4.69, 9.17) is 16.7 Å². The van der Waals surface area contributed by atoms with Crippen LogP contribution in [0.15, 0.2) is 59.5 Å². The fourth-order valence-corrected chi connectivity index (χ4v) is 3.05. The molecule has 2 aromatic carbocycles. The first kappa shape index (κ1) is 18.4. The van der Waals surface area contributed by atoms with Crippen LogP contribution in [0.3, 0.4) is 0 Å². The first-order chi connectivity index (χ1) is 12.1. The molecular weight excluding hydrogens is 391 g/mol. The molecule has 1 aromatic heterocycles. The Morgan fingerprint density at radius 2 is 1.69 bits per heavy atom. The smallest absolute Gasteiger partial charge is 0.233 e. The summed E-state index contributed by atoms with van der Waals surface area (Å²) in [5.41, 5.74) is -0.259. The molecule has 0 radical (unpaired) electrons. The summed E-state index contributed by atoms with van der Waals surface area (Å²) in [6.07, 6.45) is -4.64. The minimum Gasteiger partial charge on any atom is -0.233 e. The molecule has 0 bridgehead atoms. The van der Waals surface area contributed by atoms with E-state index < -0.39 is 21.9 Å². The largest absolute Gasteiger partial charge is 0.435 e. The molecule has 0 aliphatic rings. The minimum atomic E-state index is -4.64. The monoisotopic (exact) mass is 401 g/mol. The van der Waals surface area contributed by atoms with E-state index >= 15 is 0 Å². The van der Waals surface area contributed by atoms with Gasteiger partial charge in [-0.05, 0) is 42.5 Å². The average Bonchev–Trinajstić information content (AvgIpc) is 3.00. The Bertz CT molecular complexity index is 1060. The number of rotatable bonds is 3. The second-order valence-corrected chi connectivity index (χ2v) is 7.37. The van der Waals surface area contributed by atoms with Crippen LogP contribution in [0.5, 0.6) is 0 Å². The molecule has 0 amide bonds. The highest BCUT2D eigenvalue weighted by molar-refractivity contribution is 7.89. The van der Waals surface area contributed by atoms with Crippen LogP contribution in [-0.2, 0) is 16.2 Å². The fraction of sp³-hybridized carbons (Fsp3) is 0.0625. The van der Waals surface area contributed by atoms with Crippen molar-refractivity contribution in [3.05, 3.63) is 65.3 Å². The molecule has 0 saturated heterocycles. The van der Waals surface area contributed by atoms with Gasteiger partial charge in [-0.3, -0.25) is 0 Å². The summed E-state index contributed by atoms with van der Waals surface area (Å²) in [5, 5.41) is 9.00. The van der Waals surface area contributed by atoms with Crippen molar-refractivity contribution in [2.24, 2.45) is 5.14 Å². The normalized spacial score (nSPS) is 12.3. The number of hydrogen-bond acceptors (Lipinski definition) is 3. The van der Waals surface area contributed by atoms with Crippen molar-refractivity contribution in [1.82, 2.24) is 9.78 Å². The van der Waals surface area contributed by atoms with Crippen molar-refractivity contribution < 1.29 is 21.6 Å². The molecule has 0 spiro atoms. The van der Waals surface area contributed by atoms with Gasteiger partial charge in [-0.15, -0.1) is 0 Å². The first-order valence-electron chi connectivity index (χ1n) is 7.12. The van der Waals surface area contributed by atoms with E-state index in [1.54, 1.807) is 18.2 Å². The molecule has 0 unspecified atom stereocenters. The van der Waals surface area contributed by atoms with Gasteiger partial charge >= 0.3 is 6.18 Å². The number of primary sulfonamides is 1. The maximum atomic E-state index is 13.1. The minimum absolute atomic E-state index is 0.156. The van der Waals surface area contributed by atoms with Gasteiger partial charge in [0, 0.05) is 10.6 Å². The molecular formula is C16H11ClF3N3O2S. The topological polar surface area (TPSA) is 78.0 Å². The summed E-state index contributed by atoms with van der Waals surface area (Å²) in [6, 6.07) is 12.2. The standard InChI is InChI=1S/C16H11ClF3N3O2S/c17-11-3-1-2-10(8-11)14-9-15(16(18,19)20)22-23(14)12-4-6-13(7-5-12)26(21,24)25/h1-9H,(H2,21,24,25). The molecule has 0 saturated carbocycles. The number of nitrogens with zero attached hydrogens (tertiary/aromatic N) is 2. The maximum absolute atomic E-state index is 13.1. The van der Waals surface area contributed by atoms with Gasteiger partial charge in [0.25, 0.3) is 0 Å². The van der Waals surface area contributed by atoms with Gasteiger partial charge < -0.3 is 0 Å². The van der Waals surface area contributed by atoms with E-state index in [0.29, 0.717) is 10.6 Å². The number of alkyl halides is 3. The van der Waals surface area contributed by atoms with Crippen molar-refractivity contribution in [3.63, 3.8) is 0 Å². The van der Waals surface area contributed by atoms with Crippen LogP contribution in [0.4, 0.5) is 13.2 Å². The van der Waals surface area contributed by atoms with E-state index in [0.717, 1.165) is 10.7 Å². The molecule has 3 rings (SSSR count). The van der Waals surface area contributed by atoms with Gasteiger partial charge in [-0.2, -0.15) is 18.3 Å². The van der Waals surface area contributed by atoms with Gasteiger partial charge in [0.15, 0.2) is 5.69 Å². The second kappa shape index (κ2) is 6.42. The SMILES string of the molecule is NS(=O)(=O)c1ccc(-n2nc(C(F)(F)F)cc2-c2cccc(Cl)c2)cc1. The molecule has 10 heteroatoms. The first-order valence-corrected chi connectivity index (χ1v) is 9.04. The van der Waals surface area contributed by atoms with Crippen LogP contribution >= 0.6 is 11.6 Å². The third-order valence-electron chi connectivity index (χ3n) is 3.53. The molecule has 3 aromatic rings. The third kappa shape index (κ3) is 3.74. The molecule has 0 fully saturated rings. The zero-order valence-corrected chi connectivity index (χ0v) is 14.5. The van der Waals surface area contributed by atoms with Gasteiger partial charge in [0.05, 0.1) is 16.3 Å². The highest BCUT2D eigenvalue weighted by Crippen LogP contribution is 2.34. The summed E-state index contributed by atoms with van der Waals surface area (Å²) in [7, 11) is -3.91. The van der Waals surface area contributed by atoms with E-state index in [9.17, 15) is 21.6 Å². The lowest BCUT2D eigenvalue weighted by Crippen LogP contribution is -2.12. The van der Waals surface area contributed by atoms with Gasteiger partial charge in [0.1, 0.15) is 0 Å². The Hall–Kier alpha value is -2.36. The number of nitrogens with two attached hydrogens (primary N) is 1. The predicted molar refractivity (Wildman–Crippen MR) is 90.4 cm³/mol. The lowest BCUT2D eigenvalue weighted by atomic mass is 10.1.